The van der Waals surface area contributed by atoms with Crippen LogP contribution in [0.5, 0.6) is 0 Å². The molecule has 2 bridgehead atoms. The van der Waals surface area contributed by atoms with Gasteiger partial charge in [-0.1, -0.05) is 20.8 Å². The molecule has 0 spiro atoms. The lowest BCUT2D eigenvalue weighted by atomic mass is 9.80. The lowest BCUT2D eigenvalue weighted by molar-refractivity contribution is 0.229. The lowest BCUT2D eigenvalue weighted by Gasteiger charge is -2.24. The molecular weight excluding hydrogens is 144 g/mol. The van der Waals surface area contributed by atoms with Crippen LogP contribution in [0.3, 0.4) is 0 Å². The van der Waals surface area contributed by atoms with E-state index < -0.39 is 0 Å². The highest BCUT2D eigenvalue weighted by atomic mass is 15.0. The van der Waals surface area contributed by atoms with Gasteiger partial charge >= 0.3 is 0 Å². The van der Waals surface area contributed by atoms with E-state index in [-0.39, 0.29) is 0 Å². The average molecular weight is 162 g/mol. The van der Waals surface area contributed by atoms with E-state index in [0.717, 1.165) is 28.6 Å². The van der Waals surface area contributed by atoms with Gasteiger partial charge < -0.3 is 0 Å². The first kappa shape index (κ1) is 6.45. The lowest BCUT2D eigenvalue weighted by Crippen LogP contribution is -2.20. The van der Waals surface area contributed by atoms with Gasteiger partial charge in [0.05, 0.1) is 0 Å². The van der Waals surface area contributed by atoms with Crippen LogP contribution in [0.25, 0.3) is 0 Å². The normalized spacial score (nSPS) is 77.2. The summed E-state index contributed by atoms with van der Waals surface area (Å²) in [7, 11) is 0. The van der Waals surface area contributed by atoms with Crippen LogP contribution in [0.1, 0.15) is 33.6 Å². The minimum atomic E-state index is 0.868. The summed E-state index contributed by atoms with van der Waals surface area (Å²) in [6.45, 7) is 7.62. The molecule has 0 aromatic heterocycles. The molecule has 0 radical (unpaired) electrons. The molecule has 0 heteroatoms. The maximum Gasteiger partial charge on any atom is -0.0144 e. The van der Waals surface area contributed by atoms with E-state index in [9.17, 15) is 0 Å². The molecule has 6 atom stereocenters. The van der Waals surface area contributed by atoms with Crippen molar-refractivity contribution in [1.29, 1.82) is 0 Å². The number of fused-ring (bicyclic) bond motifs is 1. The van der Waals surface area contributed by atoms with Crippen molar-refractivity contribution in [2.75, 3.05) is 0 Å². The van der Waals surface area contributed by atoms with Crippen LogP contribution >= 0.6 is 0 Å². The van der Waals surface area contributed by atoms with Crippen LogP contribution in [-0.2, 0) is 0 Å². The van der Waals surface area contributed by atoms with Gasteiger partial charge in [-0.25, -0.2) is 0 Å². The second-order valence-corrected chi connectivity index (χ2v) is 6.14. The van der Waals surface area contributed by atoms with Crippen LogP contribution in [0.2, 0.25) is 0 Å². The minimum Gasteiger partial charge on any atom is -0.0619 e. The fourth-order valence-electron chi connectivity index (χ4n) is 5.77. The molecule has 0 heterocycles. The summed E-state index contributed by atoms with van der Waals surface area (Å²) in [5, 5.41) is 0. The first-order chi connectivity index (χ1) is 5.66. The van der Waals surface area contributed by atoms with Crippen molar-refractivity contribution < 1.29 is 0 Å². The van der Waals surface area contributed by atoms with Crippen LogP contribution in [0.15, 0.2) is 0 Å². The molecule has 5 aliphatic carbocycles. The summed E-state index contributed by atoms with van der Waals surface area (Å²) >= 11 is 0. The summed E-state index contributed by atoms with van der Waals surface area (Å²) in [5.74, 6) is 5.64. The molecule has 12 heavy (non-hydrogen) atoms. The van der Waals surface area contributed by atoms with Gasteiger partial charge in [0, 0.05) is 0 Å². The van der Waals surface area contributed by atoms with E-state index in [1.807, 2.05) is 0 Å². The summed E-state index contributed by atoms with van der Waals surface area (Å²) in [6.07, 6.45) is 3.13. The predicted molar refractivity (Wildman–Crippen MR) is 48.6 cm³/mol. The van der Waals surface area contributed by atoms with Gasteiger partial charge in [0.15, 0.2) is 0 Å². The van der Waals surface area contributed by atoms with Crippen LogP contribution in [-0.4, -0.2) is 0 Å². The molecule has 0 nitrogen and oxygen atoms in total. The van der Waals surface area contributed by atoms with Gasteiger partial charge in [0.25, 0.3) is 0 Å². The van der Waals surface area contributed by atoms with Gasteiger partial charge in [-0.2, -0.15) is 0 Å². The molecule has 5 fully saturated rings. The zero-order chi connectivity index (χ0) is 8.30. The maximum absolute atomic E-state index is 2.58. The van der Waals surface area contributed by atoms with Gasteiger partial charge in [-0.05, 0) is 53.3 Å². The molecule has 5 rings (SSSR count). The first-order valence-corrected chi connectivity index (χ1v) is 5.66. The van der Waals surface area contributed by atoms with Crippen LogP contribution in [0, 0.1) is 40.4 Å². The van der Waals surface area contributed by atoms with Gasteiger partial charge in [-0.3, -0.25) is 0 Å². The van der Waals surface area contributed by atoms with E-state index in [2.05, 4.69) is 20.8 Å². The van der Waals surface area contributed by atoms with Crippen molar-refractivity contribution in [1.82, 2.24) is 0 Å². The van der Waals surface area contributed by atoms with Crippen molar-refractivity contribution in [2.24, 2.45) is 40.4 Å². The number of rotatable bonds is 1. The Morgan fingerprint density at radius 1 is 1.17 bits per heavy atom. The number of hydrogen-bond donors (Lipinski definition) is 0. The molecule has 0 N–H and O–H groups in total. The molecule has 66 valence electrons. The zero-order valence-electron chi connectivity index (χ0n) is 8.30. The Morgan fingerprint density at radius 2 is 1.75 bits per heavy atom. The predicted octanol–water partition coefficient (Wildman–Crippen LogP) is 2.93. The second-order valence-electron chi connectivity index (χ2n) is 6.14. The Balaban J connectivity index is 1.83. The van der Waals surface area contributed by atoms with Gasteiger partial charge in [0.2, 0.25) is 0 Å². The van der Waals surface area contributed by atoms with E-state index >= 15 is 0 Å². The maximum atomic E-state index is 2.58. The Hall–Kier alpha value is 0. The van der Waals surface area contributed by atoms with Crippen molar-refractivity contribution >= 4 is 0 Å². The third-order valence-electron chi connectivity index (χ3n) is 6.31. The highest BCUT2D eigenvalue weighted by molar-refractivity contribution is 5.47. The molecule has 0 aromatic rings. The molecule has 5 aliphatic rings. The van der Waals surface area contributed by atoms with Crippen molar-refractivity contribution in [3.8, 4) is 0 Å². The van der Waals surface area contributed by atoms with Crippen molar-refractivity contribution in [3.63, 3.8) is 0 Å². The molecule has 0 aliphatic heterocycles. The number of hydrogen-bond acceptors (Lipinski definition) is 0. The topological polar surface area (TPSA) is 0 Å². The fraction of sp³-hybridized carbons (Fsp3) is 1.00. The van der Waals surface area contributed by atoms with Crippen LogP contribution in [0.4, 0.5) is 0 Å². The van der Waals surface area contributed by atoms with E-state index in [1.54, 1.807) is 12.8 Å². The van der Waals surface area contributed by atoms with E-state index in [1.165, 1.54) is 11.8 Å². The monoisotopic (exact) mass is 162 g/mol. The molecular formula is C12H18. The summed E-state index contributed by atoms with van der Waals surface area (Å²) in [6, 6.07) is 0. The molecule has 6 unspecified atom stereocenters. The first-order valence-electron chi connectivity index (χ1n) is 5.66. The molecule has 0 amide bonds. The van der Waals surface area contributed by atoms with Gasteiger partial charge in [-0.15, -0.1) is 0 Å². The SMILES string of the molecule is CC1C2C3C2(C)C3(C2CC2)C1C. The molecule has 0 saturated heterocycles. The summed E-state index contributed by atoms with van der Waals surface area (Å²) < 4.78 is 0. The quantitative estimate of drug-likeness (QED) is 0.556. The van der Waals surface area contributed by atoms with Crippen LogP contribution < -0.4 is 0 Å². The minimum absolute atomic E-state index is 0.868. The Kier molecular flexibility index (Phi) is 0.703. The largest absolute Gasteiger partial charge is 0.0619 e. The molecule has 0 aromatic carbocycles. The Bertz CT molecular complexity index is 278. The second kappa shape index (κ2) is 1.31. The summed E-state index contributed by atoms with van der Waals surface area (Å²) in [5.41, 5.74) is 1.77. The van der Waals surface area contributed by atoms with Gasteiger partial charge in [0.1, 0.15) is 0 Å². The standard InChI is InChI=1S/C12H18/c1-6-7(2)12(8-4-5-8)10-9(6)11(10,12)3/h6-10H,4-5H2,1-3H3. The third-order valence-corrected chi connectivity index (χ3v) is 6.31. The highest BCUT2D eigenvalue weighted by Crippen LogP contribution is 3.04. The Labute approximate surface area is 74.7 Å². The zero-order valence-corrected chi connectivity index (χ0v) is 8.30. The highest BCUT2D eigenvalue weighted by Gasteiger charge is 3.00. The third kappa shape index (κ3) is 0.324. The van der Waals surface area contributed by atoms with E-state index in [4.69, 9.17) is 0 Å². The van der Waals surface area contributed by atoms with E-state index in [0.29, 0.717) is 0 Å². The fourth-order valence-corrected chi connectivity index (χ4v) is 5.77. The van der Waals surface area contributed by atoms with Crippen molar-refractivity contribution in [2.45, 2.75) is 33.6 Å². The smallest absolute Gasteiger partial charge is 0.0144 e. The van der Waals surface area contributed by atoms with Crippen molar-refractivity contribution in [3.05, 3.63) is 0 Å². The average Bonchev–Trinajstić information content (AvgIpc) is 2.86. The Morgan fingerprint density at radius 3 is 2.08 bits per heavy atom. The molecule has 5 saturated carbocycles. The summed E-state index contributed by atoms with van der Waals surface area (Å²) in [4.78, 5) is 0.